The molecule has 0 radical (unpaired) electrons. The fourth-order valence-electron chi connectivity index (χ4n) is 2.44. The van der Waals surface area contributed by atoms with E-state index < -0.39 is 9.84 Å². The Balaban J connectivity index is 2.12. The molecule has 0 spiro atoms. The summed E-state index contributed by atoms with van der Waals surface area (Å²) in [6.45, 7) is 5.97. The van der Waals surface area contributed by atoms with Gasteiger partial charge in [-0.25, -0.2) is 8.42 Å². The molecule has 0 aliphatic rings. The lowest BCUT2D eigenvalue weighted by Crippen LogP contribution is -2.15. The Morgan fingerprint density at radius 2 is 1.73 bits per heavy atom. The molecule has 1 unspecified atom stereocenters. The molecule has 1 aromatic heterocycles. The second-order valence-corrected chi connectivity index (χ2v) is 8.15. The summed E-state index contributed by atoms with van der Waals surface area (Å²) < 4.78 is 31.9. The lowest BCUT2D eigenvalue weighted by Gasteiger charge is -2.11. The van der Waals surface area contributed by atoms with Gasteiger partial charge in [-0.3, -0.25) is 0 Å². The molecule has 5 nitrogen and oxygen atoms in total. The third kappa shape index (κ3) is 3.65. The molecular weight excluding hydrogens is 348 g/mol. The molecule has 0 amide bonds. The smallest absolute Gasteiger partial charge is 0.234 e. The summed E-state index contributed by atoms with van der Waals surface area (Å²) in [6.07, 6.45) is 0.825. The summed E-state index contributed by atoms with van der Waals surface area (Å²) in [5.41, 5.74) is 1.84. The molecule has 0 aliphatic carbocycles. The van der Waals surface area contributed by atoms with Gasteiger partial charge < -0.3 is 9.73 Å². The quantitative estimate of drug-likeness (QED) is 0.681. The molecule has 0 aliphatic heterocycles. The lowest BCUT2D eigenvalue weighted by atomic mass is 10.1. The number of hydrogen-bond acceptors (Lipinski definition) is 5. The van der Waals surface area contributed by atoms with Crippen LogP contribution in [0.5, 0.6) is 0 Å². The van der Waals surface area contributed by atoms with Crippen molar-refractivity contribution in [1.29, 1.82) is 0 Å². The maximum absolute atomic E-state index is 13.1. The minimum Gasteiger partial charge on any atom is -0.419 e. The Labute approximate surface area is 154 Å². The van der Waals surface area contributed by atoms with Crippen molar-refractivity contribution in [3.8, 4) is 11.5 Å². The van der Waals surface area contributed by atoms with Crippen molar-refractivity contribution in [3.63, 3.8) is 0 Å². The van der Waals surface area contributed by atoms with Gasteiger partial charge in [0.15, 0.2) is 0 Å². The third-order valence-corrected chi connectivity index (χ3v) is 5.87. The molecule has 1 heterocycles. The van der Waals surface area contributed by atoms with Crippen LogP contribution in [-0.2, 0) is 9.84 Å². The van der Waals surface area contributed by atoms with Gasteiger partial charge in [-0.05, 0) is 44.5 Å². The first-order valence-corrected chi connectivity index (χ1v) is 10.0. The van der Waals surface area contributed by atoms with Crippen molar-refractivity contribution in [2.75, 3.05) is 5.32 Å². The van der Waals surface area contributed by atoms with Crippen LogP contribution in [0.25, 0.3) is 11.5 Å². The average Bonchev–Trinajstić information content (AvgIpc) is 3.07. The van der Waals surface area contributed by atoms with Crippen LogP contribution in [0.1, 0.15) is 25.8 Å². The standard InChI is InChI=1S/C20H22N2O3S/c1-4-15(3)21-19-20(26(23,24)17-8-6-5-7-9-17)22-18(25-19)16-12-10-14(2)11-13-16/h5-13,15,21H,4H2,1-3H3. The van der Waals surface area contributed by atoms with Crippen LogP contribution < -0.4 is 5.32 Å². The van der Waals surface area contributed by atoms with E-state index in [2.05, 4.69) is 10.3 Å². The number of aryl methyl sites for hydroxylation is 1. The Morgan fingerprint density at radius 3 is 2.35 bits per heavy atom. The lowest BCUT2D eigenvalue weighted by molar-refractivity contribution is 0.566. The van der Waals surface area contributed by atoms with E-state index in [1.54, 1.807) is 30.3 Å². The fraction of sp³-hybridized carbons (Fsp3) is 0.250. The summed E-state index contributed by atoms with van der Waals surface area (Å²) in [6, 6.07) is 15.9. The highest BCUT2D eigenvalue weighted by Crippen LogP contribution is 2.32. The number of benzene rings is 2. The van der Waals surface area contributed by atoms with E-state index in [-0.39, 0.29) is 27.7 Å². The highest BCUT2D eigenvalue weighted by molar-refractivity contribution is 7.91. The Kier molecular flexibility index (Phi) is 5.13. The molecule has 1 atom stereocenters. The molecule has 1 N–H and O–H groups in total. The van der Waals surface area contributed by atoms with E-state index >= 15 is 0 Å². The molecule has 26 heavy (non-hydrogen) atoms. The molecular formula is C20H22N2O3S. The zero-order valence-electron chi connectivity index (χ0n) is 15.1. The van der Waals surface area contributed by atoms with Gasteiger partial charge in [-0.15, -0.1) is 0 Å². The van der Waals surface area contributed by atoms with Crippen molar-refractivity contribution in [2.24, 2.45) is 0 Å². The molecule has 0 bridgehead atoms. The van der Waals surface area contributed by atoms with E-state index in [1.807, 2.05) is 45.0 Å². The van der Waals surface area contributed by atoms with Crippen LogP contribution in [0.15, 0.2) is 68.9 Å². The van der Waals surface area contributed by atoms with Gasteiger partial charge in [-0.1, -0.05) is 42.8 Å². The maximum Gasteiger partial charge on any atom is 0.234 e. The van der Waals surface area contributed by atoms with E-state index in [4.69, 9.17) is 4.42 Å². The van der Waals surface area contributed by atoms with Crippen LogP contribution in [0.3, 0.4) is 0 Å². The molecule has 0 fully saturated rings. The summed E-state index contributed by atoms with van der Waals surface area (Å²) in [4.78, 5) is 4.52. The summed E-state index contributed by atoms with van der Waals surface area (Å²) in [7, 11) is -3.79. The van der Waals surface area contributed by atoms with Gasteiger partial charge >= 0.3 is 0 Å². The number of hydrogen-bond donors (Lipinski definition) is 1. The van der Waals surface area contributed by atoms with Gasteiger partial charge in [0.2, 0.25) is 26.6 Å². The Bertz CT molecular complexity index is 978. The second-order valence-electron chi connectivity index (χ2n) is 6.29. The average molecular weight is 370 g/mol. The molecule has 3 aromatic rings. The first-order valence-electron chi connectivity index (χ1n) is 8.56. The molecule has 3 rings (SSSR count). The van der Waals surface area contributed by atoms with Gasteiger partial charge in [0, 0.05) is 11.6 Å². The highest BCUT2D eigenvalue weighted by atomic mass is 32.2. The van der Waals surface area contributed by atoms with Gasteiger partial charge in [0.25, 0.3) is 0 Å². The van der Waals surface area contributed by atoms with Crippen molar-refractivity contribution >= 4 is 15.7 Å². The second kappa shape index (κ2) is 7.33. The topological polar surface area (TPSA) is 72.2 Å². The van der Waals surface area contributed by atoms with Gasteiger partial charge in [0.05, 0.1) is 4.90 Å². The van der Waals surface area contributed by atoms with Crippen molar-refractivity contribution < 1.29 is 12.8 Å². The Morgan fingerprint density at radius 1 is 1.08 bits per heavy atom. The van der Waals surface area contributed by atoms with Crippen LogP contribution in [0, 0.1) is 6.92 Å². The zero-order valence-corrected chi connectivity index (χ0v) is 15.9. The number of rotatable bonds is 6. The number of sulfone groups is 1. The van der Waals surface area contributed by atoms with Gasteiger partial charge in [-0.2, -0.15) is 4.98 Å². The number of oxazole rings is 1. The van der Waals surface area contributed by atoms with E-state index in [9.17, 15) is 8.42 Å². The zero-order chi connectivity index (χ0) is 18.7. The third-order valence-electron chi connectivity index (χ3n) is 4.19. The van der Waals surface area contributed by atoms with Crippen molar-refractivity contribution in [1.82, 2.24) is 4.98 Å². The van der Waals surface area contributed by atoms with E-state index in [0.717, 1.165) is 17.5 Å². The fourth-order valence-corrected chi connectivity index (χ4v) is 3.72. The van der Waals surface area contributed by atoms with E-state index in [1.165, 1.54) is 0 Å². The minimum atomic E-state index is -3.79. The molecule has 136 valence electrons. The molecule has 0 saturated carbocycles. The van der Waals surface area contributed by atoms with Crippen LogP contribution in [0.2, 0.25) is 0 Å². The summed E-state index contributed by atoms with van der Waals surface area (Å²) in [5, 5.41) is 3.05. The first kappa shape index (κ1) is 18.2. The minimum absolute atomic E-state index is 0.0542. The monoisotopic (exact) mass is 370 g/mol. The summed E-state index contributed by atoms with van der Waals surface area (Å²) in [5.74, 6) is 0.462. The number of nitrogens with one attached hydrogen (secondary N) is 1. The molecule has 0 saturated heterocycles. The van der Waals surface area contributed by atoms with Gasteiger partial charge in [0.1, 0.15) is 0 Å². The van der Waals surface area contributed by atoms with Crippen LogP contribution in [0.4, 0.5) is 5.88 Å². The predicted octanol–water partition coefficient (Wildman–Crippen LogP) is 4.69. The largest absolute Gasteiger partial charge is 0.419 e. The van der Waals surface area contributed by atoms with Crippen molar-refractivity contribution in [3.05, 3.63) is 60.2 Å². The number of aromatic nitrogens is 1. The normalized spacial score (nSPS) is 12.7. The maximum atomic E-state index is 13.1. The van der Waals surface area contributed by atoms with Crippen molar-refractivity contribution in [2.45, 2.75) is 43.2 Å². The molecule has 2 aromatic carbocycles. The summed E-state index contributed by atoms with van der Waals surface area (Å²) >= 11 is 0. The van der Waals surface area contributed by atoms with Crippen LogP contribution in [-0.4, -0.2) is 19.4 Å². The van der Waals surface area contributed by atoms with Crippen LogP contribution >= 0.6 is 0 Å². The number of anilines is 1. The Hall–Kier alpha value is -2.60. The predicted molar refractivity (Wildman–Crippen MR) is 102 cm³/mol. The first-order chi connectivity index (χ1) is 12.4. The number of nitrogens with zero attached hydrogens (tertiary/aromatic N) is 1. The SMILES string of the molecule is CCC(C)Nc1oc(-c2ccc(C)cc2)nc1S(=O)(=O)c1ccccc1. The van der Waals surface area contributed by atoms with E-state index in [0.29, 0.717) is 0 Å². The highest BCUT2D eigenvalue weighted by Gasteiger charge is 2.28. The molecule has 6 heteroatoms.